The van der Waals surface area contributed by atoms with Gasteiger partial charge in [-0.2, -0.15) is 0 Å². The summed E-state index contributed by atoms with van der Waals surface area (Å²) >= 11 is 0. The van der Waals surface area contributed by atoms with Crippen LogP contribution in [0.5, 0.6) is 0 Å². The van der Waals surface area contributed by atoms with Crippen molar-refractivity contribution in [1.29, 1.82) is 0 Å². The number of aromatic nitrogens is 1. The molecule has 1 aromatic rings. The molecule has 2 rings (SSSR count). The maximum absolute atomic E-state index is 5.17. The van der Waals surface area contributed by atoms with Gasteiger partial charge in [0.05, 0.1) is 5.69 Å². The maximum Gasteiger partial charge on any atom is 0.137 e. The van der Waals surface area contributed by atoms with E-state index >= 15 is 0 Å². The summed E-state index contributed by atoms with van der Waals surface area (Å²) in [6, 6.07) is 0. The number of hydrogen-bond donors (Lipinski definition) is 1. The van der Waals surface area contributed by atoms with Crippen molar-refractivity contribution in [2.75, 3.05) is 13.1 Å². The highest BCUT2D eigenvalue weighted by Crippen LogP contribution is 2.22. The Morgan fingerprint density at radius 1 is 1.36 bits per heavy atom. The third kappa shape index (κ3) is 1.98. The van der Waals surface area contributed by atoms with E-state index in [0.717, 1.165) is 36.9 Å². The Bertz CT molecular complexity index is 281. The summed E-state index contributed by atoms with van der Waals surface area (Å²) in [5.74, 6) is 1.81. The average molecular weight is 194 g/mol. The van der Waals surface area contributed by atoms with Crippen molar-refractivity contribution < 1.29 is 4.52 Å². The molecule has 78 valence electrons. The van der Waals surface area contributed by atoms with E-state index in [0.29, 0.717) is 0 Å². The molecule has 3 nitrogen and oxygen atoms in total. The molecule has 0 aromatic carbocycles. The molecule has 1 fully saturated rings. The van der Waals surface area contributed by atoms with E-state index in [2.05, 4.69) is 10.5 Å². The van der Waals surface area contributed by atoms with Gasteiger partial charge in [-0.3, -0.25) is 0 Å². The molecule has 2 heterocycles. The minimum absolute atomic E-state index is 0.813. The maximum atomic E-state index is 5.17. The summed E-state index contributed by atoms with van der Waals surface area (Å²) in [7, 11) is 0. The summed E-state index contributed by atoms with van der Waals surface area (Å²) in [6.45, 7) is 6.37. The van der Waals surface area contributed by atoms with Gasteiger partial charge in [0.15, 0.2) is 0 Å². The number of nitrogens with zero attached hydrogens (tertiary/aromatic N) is 1. The van der Waals surface area contributed by atoms with E-state index < -0.39 is 0 Å². The fraction of sp³-hybridized carbons (Fsp3) is 0.727. The van der Waals surface area contributed by atoms with Gasteiger partial charge in [0.2, 0.25) is 0 Å². The second kappa shape index (κ2) is 4.13. The Hall–Kier alpha value is -0.830. The van der Waals surface area contributed by atoms with Crippen LogP contribution in [0, 0.1) is 19.8 Å². The van der Waals surface area contributed by atoms with Crippen molar-refractivity contribution in [2.45, 2.75) is 33.1 Å². The molecule has 0 radical (unpaired) electrons. The first-order chi connectivity index (χ1) is 6.77. The smallest absolute Gasteiger partial charge is 0.137 e. The lowest BCUT2D eigenvalue weighted by Crippen LogP contribution is -2.28. The van der Waals surface area contributed by atoms with Gasteiger partial charge in [0, 0.05) is 5.56 Å². The van der Waals surface area contributed by atoms with Gasteiger partial charge in [-0.15, -0.1) is 0 Å². The van der Waals surface area contributed by atoms with Gasteiger partial charge in [-0.25, -0.2) is 0 Å². The van der Waals surface area contributed by atoms with Gasteiger partial charge in [-0.05, 0) is 52.1 Å². The molecule has 1 saturated heterocycles. The fourth-order valence-electron chi connectivity index (χ4n) is 2.17. The minimum atomic E-state index is 0.813. The van der Waals surface area contributed by atoms with Crippen LogP contribution in [0.15, 0.2) is 4.52 Å². The number of aryl methyl sites for hydroxylation is 2. The number of piperidine rings is 1. The fourth-order valence-corrected chi connectivity index (χ4v) is 2.17. The van der Waals surface area contributed by atoms with Crippen LogP contribution in [0.4, 0.5) is 0 Å². The molecule has 0 spiro atoms. The summed E-state index contributed by atoms with van der Waals surface area (Å²) in [6.07, 6.45) is 3.71. The van der Waals surface area contributed by atoms with Gasteiger partial charge >= 0.3 is 0 Å². The topological polar surface area (TPSA) is 38.1 Å². The summed E-state index contributed by atoms with van der Waals surface area (Å²) in [5, 5.41) is 7.38. The molecule has 3 heteroatoms. The minimum Gasteiger partial charge on any atom is -0.361 e. The molecule has 0 aliphatic carbocycles. The summed E-state index contributed by atoms with van der Waals surface area (Å²) in [5.41, 5.74) is 2.40. The lowest BCUT2D eigenvalue weighted by molar-refractivity contribution is 0.366. The second-order valence-corrected chi connectivity index (χ2v) is 4.20. The zero-order valence-electron chi connectivity index (χ0n) is 8.97. The van der Waals surface area contributed by atoms with Gasteiger partial charge in [0.1, 0.15) is 5.76 Å². The quantitative estimate of drug-likeness (QED) is 0.780. The van der Waals surface area contributed by atoms with Crippen LogP contribution in [0.3, 0.4) is 0 Å². The van der Waals surface area contributed by atoms with E-state index in [1.165, 1.54) is 18.4 Å². The molecule has 1 aromatic heterocycles. The Morgan fingerprint density at radius 3 is 2.64 bits per heavy atom. The largest absolute Gasteiger partial charge is 0.361 e. The first-order valence-corrected chi connectivity index (χ1v) is 5.40. The van der Waals surface area contributed by atoms with E-state index in [-0.39, 0.29) is 0 Å². The normalized spacial score (nSPS) is 18.7. The van der Waals surface area contributed by atoms with Crippen LogP contribution in [0.25, 0.3) is 0 Å². The highest BCUT2D eigenvalue weighted by molar-refractivity contribution is 5.21. The second-order valence-electron chi connectivity index (χ2n) is 4.20. The molecular formula is C11H18N2O. The Balaban J connectivity index is 2.02. The van der Waals surface area contributed by atoms with Crippen molar-refractivity contribution in [3.8, 4) is 0 Å². The van der Waals surface area contributed by atoms with Gasteiger partial charge in [-0.1, -0.05) is 5.16 Å². The molecule has 0 atom stereocenters. The first kappa shape index (κ1) is 9.71. The first-order valence-electron chi connectivity index (χ1n) is 5.40. The molecule has 0 saturated carbocycles. The van der Waals surface area contributed by atoms with Gasteiger partial charge < -0.3 is 9.84 Å². The average Bonchev–Trinajstić information content (AvgIpc) is 2.51. The summed E-state index contributed by atoms with van der Waals surface area (Å²) < 4.78 is 5.17. The number of hydrogen-bond acceptors (Lipinski definition) is 3. The van der Waals surface area contributed by atoms with Crippen molar-refractivity contribution in [3.63, 3.8) is 0 Å². The van der Waals surface area contributed by atoms with Crippen LogP contribution in [0.1, 0.15) is 29.9 Å². The predicted octanol–water partition coefficient (Wildman–Crippen LogP) is 1.83. The van der Waals surface area contributed by atoms with E-state index in [1.807, 2.05) is 13.8 Å². The molecule has 1 N–H and O–H groups in total. The lowest BCUT2D eigenvalue weighted by atomic mass is 9.90. The predicted molar refractivity (Wildman–Crippen MR) is 55.3 cm³/mol. The molecule has 0 unspecified atom stereocenters. The molecule has 0 bridgehead atoms. The van der Waals surface area contributed by atoms with E-state index in [9.17, 15) is 0 Å². The van der Waals surface area contributed by atoms with E-state index in [4.69, 9.17) is 4.52 Å². The third-order valence-corrected chi connectivity index (χ3v) is 3.13. The van der Waals surface area contributed by atoms with Gasteiger partial charge in [0.25, 0.3) is 0 Å². The molecule has 1 aliphatic heterocycles. The highest BCUT2D eigenvalue weighted by Gasteiger charge is 2.17. The van der Waals surface area contributed by atoms with Crippen LogP contribution in [-0.2, 0) is 6.42 Å². The highest BCUT2D eigenvalue weighted by atomic mass is 16.5. The lowest BCUT2D eigenvalue weighted by Gasteiger charge is -2.22. The van der Waals surface area contributed by atoms with Crippen LogP contribution in [0.2, 0.25) is 0 Å². The Morgan fingerprint density at radius 2 is 2.07 bits per heavy atom. The standard InChI is InChI=1S/C11H18N2O/c1-8-11(9(2)14-13-8)7-10-3-5-12-6-4-10/h10,12H,3-7H2,1-2H3. The Kier molecular flexibility index (Phi) is 2.87. The molecule has 0 amide bonds. The SMILES string of the molecule is Cc1noc(C)c1CC1CCNCC1. The monoisotopic (exact) mass is 194 g/mol. The van der Waals surface area contributed by atoms with Crippen LogP contribution < -0.4 is 5.32 Å². The summed E-state index contributed by atoms with van der Waals surface area (Å²) in [4.78, 5) is 0. The van der Waals surface area contributed by atoms with Crippen LogP contribution in [-0.4, -0.2) is 18.2 Å². The van der Waals surface area contributed by atoms with E-state index in [1.54, 1.807) is 0 Å². The van der Waals surface area contributed by atoms with Crippen molar-refractivity contribution in [1.82, 2.24) is 10.5 Å². The van der Waals surface area contributed by atoms with Crippen LogP contribution >= 0.6 is 0 Å². The Labute approximate surface area is 84.9 Å². The number of rotatable bonds is 2. The third-order valence-electron chi connectivity index (χ3n) is 3.13. The molecule has 1 aliphatic rings. The zero-order chi connectivity index (χ0) is 9.97. The van der Waals surface area contributed by atoms with Crippen molar-refractivity contribution >= 4 is 0 Å². The van der Waals surface area contributed by atoms with Crippen molar-refractivity contribution in [2.24, 2.45) is 5.92 Å². The zero-order valence-corrected chi connectivity index (χ0v) is 8.97. The molecule has 14 heavy (non-hydrogen) atoms. The molecular weight excluding hydrogens is 176 g/mol. The van der Waals surface area contributed by atoms with Crippen molar-refractivity contribution in [3.05, 3.63) is 17.0 Å². The number of nitrogens with one attached hydrogen (secondary N) is 1.